The van der Waals surface area contributed by atoms with Gasteiger partial charge in [-0.05, 0) is 31.6 Å². The first-order valence-electron chi connectivity index (χ1n) is 5.91. The highest BCUT2D eigenvalue weighted by atomic mass is 28.3. The highest BCUT2D eigenvalue weighted by molar-refractivity contribution is 6.81. The molecule has 14 heavy (non-hydrogen) atoms. The second kappa shape index (κ2) is 4.97. The van der Waals surface area contributed by atoms with E-state index in [2.05, 4.69) is 44.4 Å². The highest BCUT2D eigenvalue weighted by Crippen LogP contribution is 2.33. The second-order valence-corrected chi connectivity index (χ2v) is 10.4. The van der Waals surface area contributed by atoms with Crippen LogP contribution in [0.4, 0.5) is 0 Å². The molecule has 0 aliphatic heterocycles. The number of rotatable bonds is 3. The Morgan fingerprint density at radius 2 is 2.07 bits per heavy atom. The lowest BCUT2D eigenvalue weighted by Crippen LogP contribution is -2.17. The fourth-order valence-electron chi connectivity index (χ4n) is 2.15. The monoisotopic (exact) mass is 208 g/mol. The Balaban J connectivity index is 2.68. The van der Waals surface area contributed by atoms with E-state index in [1.54, 1.807) is 5.57 Å². The van der Waals surface area contributed by atoms with Crippen molar-refractivity contribution in [1.82, 2.24) is 0 Å². The topological polar surface area (TPSA) is 0 Å². The van der Waals surface area contributed by atoms with Gasteiger partial charge in [0.25, 0.3) is 0 Å². The van der Waals surface area contributed by atoms with Gasteiger partial charge < -0.3 is 0 Å². The number of hydrogen-bond acceptors (Lipinski definition) is 0. The van der Waals surface area contributed by atoms with Crippen LogP contribution in [-0.2, 0) is 0 Å². The molecule has 0 unspecified atom stereocenters. The Kier molecular flexibility index (Phi) is 4.18. The zero-order valence-electron chi connectivity index (χ0n) is 10.1. The molecular formula is C13H24Si. The molecule has 0 aromatic heterocycles. The zero-order valence-corrected chi connectivity index (χ0v) is 11.1. The molecule has 0 aromatic rings. The molecule has 1 heteroatoms. The molecule has 0 bridgehead atoms. The van der Waals surface area contributed by atoms with Gasteiger partial charge in [-0.3, -0.25) is 0 Å². The van der Waals surface area contributed by atoms with E-state index in [9.17, 15) is 0 Å². The third kappa shape index (κ3) is 3.83. The van der Waals surface area contributed by atoms with Crippen LogP contribution < -0.4 is 0 Å². The van der Waals surface area contributed by atoms with Crippen LogP contribution in [0.1, 0.15) is 32.6 Å². The summed E-state index contributed by atoms with van der Waals surface area (Å²) >= 11 is 0. The molecule has 0 radical (unpaired) electrons. The molecule has 1 fully saturated rings. The molecule has 0 amide bonds. The summed E-state index contributed by atoms with van der Waals surface area (Å²) < 4.78 is 0. The Morgan fingerprint density at radius 3 is 2.64 bits per heavy atom. The van der Waals surface area contributed by atoms with Gasteiger partial charge in [0.2, 0.25) is 0 Å². The minimum Gasteiger partial charge on any atom is -0.0952 e. The van der Waals surface area contributed by atoms with E-state index in [0.717, 1.165) is 5.92 Å². The Morgan fingerprint density at radius 1 is 1.36 bits per heavy atom. The lowest BCUT2D eigenvalue weighted by Gasteiger charge is -2.14. The minimum absolute atomic E-state index is 0.779. The third-order valence-corrected chi connectivity index (χ3v) is 3.92. The van der Waals surface area contributed by atoms with Crippen molar-refractivity contribution in [1.29, 1.82) is 0 Å². The first-order valence-corrected chi connectivity index (χ1v) is 9.49. The second-order valence-electron chi connectivity index (χ2n) is 5.42. The largest absolute Gasteiger partial charge is 0.0952 e. The fourth-order valence-corrected chi connectivity index (χ4v) is 3.62. The average molecular weight is 208 g/mol. The van der Waals surface area contributed by atoms with Crippen molar-refractivity contribution in [3.8, 4) is 0 Å². The summed E-state index contributed by atoms with van der Waals surface area (Å²) in [5, 5.41) is 0. The molecule has 1 rings (SSSR count). The van der Waals surface area contributed by atoms with Crippen LogP contribution in [0.25, 0.3) is 0 Å². The van der Waals surface area contributed by atoms with Gasteiger partial charge >= 0.3 is 0 Å². The maximum Gasteiger partial charge on any atom is 0.0686 e. The van der Waals surface area contributed by atoms with Gasteiger partial charge in [-0.2, -0.15) is 0 Å². The summed E-state index contributed by atoms with van der Waals surface area (Å²) in [7, 11) is -0.999. The number of hydrogen-bond donors (Lipinski definition) is 0. The predicted molar refractivity (Wildman–Crippen MR) is 68.2 cm³/mol. The van der Waals surface area contributed by atoms with E-state index >= 15 is 0 Å². The standard InChI is InChI=1S/C13H24Si/c1-5-6-8-12-9-7-10-13(12)11-14(2,3)4/h6,8,11-12H,5,7,9-10H2,1-4H3/b8-6+,13-11+/t12-/m1/s1. The normalized spacial score (nSPS) is 26.6. The van der Waals surface area contributed by atoms with Gasteiger partial charge in [-0.15, -0.1) is 0 Å². The van der Waals surface area contributed by atoms with Crippen molar-refractivity contribution < 1.29 is 0 Å². The van der Waals surface area contributed by atoms with Crippen LogP contribution in [0.15, 0.2) is 23.4 Å². The first-order chi connectivity index (χ1) is 6.53. The lowest BCUT2D eigenvalue weighted by atomic mass is 10.0. The van der Waals surface area contributed by atoms with E-state index in [-0.39, 0.29) is 0 Å². The molecule has 0 saturated heterocycles. The quantitative estimate of drug-likeness (QED) is 0.471. The number of allylic oxidation sites excluding steroid dienone is 3. The molecule has 1 aliphatic rings. The van der Waals surface area contributed by atoms with Crippen molar-refractivity contribution >= 4 is 8.07 Å². The van der Waals surface area contributed by atoms with Crippen LogP contribution in [0, 0.1) is 5.92 Å². The summed E-state index contributed by atoms with van der Waals surface area (Å²) in [6.07, 6.45) is 10.1. The molecule has 0 spiro atoms. The average Bonchev–Trinajstić information content (AvgIpc) is 2.45. The first kappa shape index (κ1) is 11.8. The van der Waals surface area contributed by atoms with Crippen LogP contribution >= 0.6 is 0 Å². The molecule has 1 atom stereocenters. The van der Waals surface area contributed by atoms with E-state index in [1.807, 2.05) is 0 Å². The molecular weight excluding hydrogens is 184 g/mol. The zero-order chi connectivity index (χ0) is 10.6. The molecule has 0 nitrogen and oxygen atoms in total. The van der Waals surface area contributed by atoms with E-state index in [1.165, 1.54) is 25.7 Å². The maximum absolute atomic E-state index is 2.62. The van der Waals surface area contributed by atoms with Crippen molar-refractivity contribution in [3.63, 3.8) is 0 Å². The van der Waals surface area contributed by atoms with E-state index in [0.29, 0.717) is 0 Å². The van der Waals surface area contributed by atoms with Crippen molar-refractivity contribution in [2.75, 3.05) is 0 Å². The molecule has 1 saturated carbocycles. The summed E-state index contributed by atoms with van der Waals surface area (Å²) in [5.41, 5.74) is 4.35. The van der Waals surface area contributed by atoms with Crippen LogP contribution in [0.3, 0.4) is 0 Å². The fraction of sp³-hybridized carbons (Fsp3) is 0.692. The van der Waals surface area contributed by atoms with Gasteiger partial charge in [0.05, 0.1) is 8.07 Å². The molecule has 0 N–H and O–H groups in total. The van der Waals surface area contributed by atoms with Crippen LogP contribution in [0.2, 0.25) is 19.6 Å². The van der Waals surface area contributed by atoms with Crippen LogP contribution in [0.5, 0.6) is 0 Å². The Hall–Kier alpha value is -0.303. The van der Waals surface area contributed by atoms with Crippen molar-refractivity contribution in [3.05, 3.63) is 23.4 Å². The van der Waals surface area contributed by atoms with Gasteiger partial charge in [-0.25, -0.2) is 0 Å². The molecule has 80 valence electrons. The summed E-state index contributed by atoms with van der Waals surface area (Å²) in [4.78, 5) is 0. The van der Waals surface area contributed by atoms with Gasteiger partial charge in [0.15, 0.2) is 0 Å². The SMILES string of the molecule is CC/C=C/[C@@H]1CCC/C1=C\[Si](C)(C)C. The van der Waals surface area contributed by atoms with Crippen LogP contribution in [-0.4, -0.2) is 8.07 Å². The minimum atomic E-state index is -0.999. The maximum atomic E-state index is 2.62. The molecule has 0 aromatic carbocycles. The molecule has 1 aliphatic carbocycles. The van der Waals surface area contributed by atoms with Crippen molar-refractivity contribution in [2.24, 2.45) is 5.92 Å². The summed E-state index contributed by atoms with van der Waals surface area (Å²) in [6, 6.07) is 0. The summed E-state index contributed by atoms with van der Waals surface area (Å²) in [6.45, 7) is 9.50. The Bertz CT molecular complexity index is 230. The predicted octanol–water partition coefficient (Wildman–Crippen LogP) is 4.56. The third-order valence-electron chi connectivity index (χ3n) is 2.68. The summed E-state index contributed by atoms with van der Waals surface area (Å²) in [5.74, 6) is 0.779. The smallest absolute Gasteiger partial charge is 0.0686 e. The molecule has 0 heterocycles. The van der Waals surface area contributed by atoms with E-state index < -0.39 is 8.07 Å². The van der Waals surface area contributed by atoms with Gasteiger partial charge in [0, 0.05) is 0 Å². The Labute approximate surface area is 90.1 Å². The highest BCUT2D eigenvalue weighted by Gasteiger charge is 2.21. The van der Waals surface area contributed by atoms with E-state index in [4.69, 9.17) is 0 Å². The lowest BCUT2D eigenvalue weighted by molar-refractivity contribution is 0.762. The van der Waals surface area contributed by atoms with Crippen molar-refractivity contribution in [2.45, 2.75) is 52.2 Å². The van der Waals surface area contributed by atoms with Gasteiger partial charge in [-0.1, -0.05) is 50.0 Å². The van der Waals surface area contributed by atoms with Gasteiger partial charge in [0.1, 0.15) is 0 Å².